The molecule has 1 aliphatic rings. The second kappa shape index (κ2) is 4.06. The van der Waals surface area contributed by atoms with Crippen LogP contribution in [0.3, 0.4) is 0 Å². The third-order valence-corrected chi connectivity index (χ3v) is 3.61. The summed E-state index contributed by atoms with van der Waals surface area (Å²) in [6.45, 7) is 2.17. The minimum absolute atomic E-state index is 0.151. The molecule has 1 aromatic carbocycles. The minimum Gasteiger partial charge on any atom is -0.258 e. The van der Waals surface area contributed by atoms with Crippen molar-refractivity contribution in [1.29, 1.82) is 0 Å². The standard InChI is InChI=1S/C11H11NO2S/c1-8-6-15-7-11(8)9-2-4-10(5-3-9)12(13)14/h2-5,7-8H,6H2,1H3. The summed E-state index contributed by atoms with van der Waals surface area (Å²) >= 11 is 1.80. The lowest BCUT2D eigenvalue weighted by Crippen LogP contribution is -1.96. The summed E-state index contributed by atoms with van der Waals surface area (Å²) in [7, 11) is 0. The normalized spacial score (nSPS) is 20.1. The van der Waals surface area contributed by atoms with Gasteiger partial charge in [-0.15, -0.1) is 11.8 Å². The number of hydrogen-bond donors (Lipinski definition) is 0. The number of rotatable bonds is 2. The summed E-state index contributed by atoms with van der Waals surface area (Å²) in [6, 6.07) is 6.77. The summed E-state index contributed by atoms with van der Waals surface area (Å²) in [6.07, 6.45) is 0. The van der Waals surface area contributed by atoms with Crippen LogP contribution in [0.1, 0.15) is 12.5 Å². The number of nitrogens with zero attached hydrogens (tertiary/aromatic N) is 1. The van der Waals surface area contributed by atoms with E-state index in [4.69, 9.17) is 0 Å². The van der Waals surface area contributed by atoms with E-state index < -0.39 is 0 Å². The van der Waals surface area contributed by atoms with Crippen molar-refractivity contribution in [3.63, 3.8) is 0 Å². The fraction of sp³-hybridized carbons (Fsp3) is 0.273. The molecule has 0 aromatic heterocycles. The first-order chi connectivity index (χ1) is 7.18. The molecule has 1 unspecified atom stereocenters. The van der Waals surface area contributed by atoms with E-state index >= 15 is 0 Å². The molecule has 0 N–H and O–H groups in total. The Labute approximate surface area is 92.3 Å². The predicted octanol–water partition coefficient (Wildman–Crippen LogP) is 3.32. The van der Waals surface area contributed by atoms with Crippen molar-refractivity contribution in [2.45, 2.75) is 6.92 Å². The van der Waals surface area contributed by atoms with Crippen LogP contribution >= 0.6 is 11.8 Å². The van der Waals surface area contributed by atoms with Gasteiger partial charge in [0.2, 0.25) is 0 Å². The van der Waals surface area contributed by atoms with Gasteiger partial charge in [-0.05, 0) is 34.6 Å². The number of nitro groups is 1. The van der Waals surface area contributed by atoms with Gasteiger partial charge < -0.3 is 0 Å². The third-order valence-electron chi connectivity index (χ3n) is 2.50. The highest BCUT2D eigenvalue weighted by Crippen LogP contribution is 2.35. The molecular weight excluding hydrogens is 210 g/mol. The van der Waals surface area contributed by atoms with Gasteiger partial charge in [0, 0.05) is 17.9 Å². The van der Waals surface area contributed by atoms with Gasteiger partial charge in [0.15, 0.2) is 0 Å². The van der Waals surface area contributed by atoms with Gasteiger partial charge >= 0.3 is 0 Å². The number of non-ortho nitro benzene ring substituents is 1. The summed E-state index contributed by atoms with van der Waals surface area (Å²) in [5.74, 6) is 1.64. The zero-order valence-corrected chi connectivity index (χ0v) is 9.16. The first-order valence-corrected chi connectivity index (χ1v) is 5.80. The molecule has 0 spiro atoms. The smallest absolute Gasteiger partial charge is 0.258 e. The molecule has 0 bridgehead atoms. The summed E-state index contributed by atoms with van der Waals surface area (Å²) in [5, 5.41) is 12.6. The number of benzene rings is 1. The maximum absolute atomic E-state index is 10.5. The molecule has 4 heteroatoms. The van der Waals surface area contributed by atoms with Crippen LogP contribution < -0.4 is 0 Å². The van der Waals surface area contributed by atoms with Crippen LogP contribution in [0.4, 0.5) is 5.69 Å². The highest BCUT2D eigenvalue weighted by atomic mass is 32.2. The van der Waals surface area contributed by atoms with Crippen molar-refractivity contribution >= 4 is 23.0 Å². The van der Waals surface area contributed by atoms with E-state index in [2.05, 4.69) is 12.3 Å². The average Bonchev–Trinajstić information content (AvgIpc) is 2.65. The molecule has 0 saturated heterocycles. The minimum atomic E-state index is -0.370. The van der Waals surface area contributed by atoms with Crippen molar-refractivity contribution in [2.24, 2.45) is 5.92 Å². The maximum atomic E-state index is 10.5. The van der Waals surface area contributed by atoms with Crippen molar-refractivity contribution < 1.29 is 4.92 Å². The Hall–Kier alpha value is -1.29. The highest BCUT2D eigenvalue weighted by Gasteiger charge is 2.17. The molecule has 1 heterocycles. The first-order valence-electron chi connectivity index (χ1n) is 4.75. The van der Waals surface area contributed by atoms with Gasteiger partial charge in [-0.25, -0.2) is 0 Å². The average molecular weight is 221 g/mol. The fourth-order valence-electron chi connectivity index (χ4n) is 1.62. The van der Waals surface area contributed by atoms with Gasteiger partial charge in [0.25, 0.3) is 5.69 Å². The van der Waals surface area contributed by atoms with Gasteiger partial charge in [-0.1, -0.05) is 6.92 Å². The van der Waals surface area contributed by atoms with Crippen LogP contribution in [0.2, 0.25) is 0 Å². The molecule has 78 valence electrons. The molecule has 3 nitrogen and oxygen atoms in total. The number of allylic oxidation sites excluding steroid dienone is 1. The highest BCUT2D eigenvalue weighted by molar-refractivity contribution is 8.02. The molecule has 0 saturated carbocycles. The van der Waals surface area contributed by atoms with Crippen molar-refractivity contribution in [1.82, 2.24) is 0 Å². The predicted molar refractivity (Wildman–Crippen MR) is 62.7 cm³/mol. The van der Waals surface area contributed by atoms with Crippen LogP contribution in [-0.4, -0.2) is 10.7 Å². The lowest BCUT2D eigenvalue weighted by Gasteiger charge is -2.07. The summed E-state index contributed by atoms with van der Waals surface area (Å²) in [4.78, 5) is 10.1. The van der Waals surface area contributed by atoms with Gasteiger partial charge in [0.05, 0.1) is 4.92 Å². The van der Waals surface area contributed by atoms with Gasteiger partial charge in [-0.2, -0.15) is 0 Å². The van der Waals surface area contributed by atoms with E-state index in [9.17, 15) is 10.1 Å². The Bertz CT molecular complexity index is 411. The Kier molecular flexibility index (Phi) is 2.77. The molecule has 2 rings (SSSR count). The van der Waals surface area contributed by atoms with E-state index in [1.807, 2.05) is 12.1 Å². The molecule has 0 fully saturated rings. The Morgan fingerprint density at radius 1 is 1.40 bits per heavy atom. The Balaban J connectivity index is 2.27. The topological polar surface area (TPSA) is 43.1 Å². The molecule has 0 amide bonds. The molecule has 1 atom stereocenters. The van der Waals surface area contributed by atoms with Crippen LogP contribution in [0.25, 0.3) is 5.57 Å². The number of thioether (sulfide) groups is 1. The zero-order valence-electron chi connectivity index (χ0n) is 8.34. The Morgan fingerprint density at radius 2 is 2.07 bits per heavy atom. The number of nitro benzene ring substituents is 1. The first kappa shape index (κ1) is 10.2. The monoisotopic (exact) mass is 221 g/mol. The molecular formula is C11H11NO2S. The molecule has 1 aromatic rings. The molecule has 0 radical (unpaired) electrons. The van der Waals surface area contributed by atoms with E-state index in [-0.39, 0.29) is 10.6 Å². The maximum Gasteiger partial charge on any atom is 0.269 e. The van der Waals surface area contributed by atoms with Crippen molar-refractivity contribution in [2.75, 3.05) is 5.75 Å². The second-order valence-corrected chi connectivity index (χ2v) is 4.51. The van der Waals surface area contributed by atoms with Crippen LogP contribution in [0.5, 0.6) is 0 Å². The molecule has 15 heavy (non-hydrogen) atoms. The van der Waals surface area contributed by atoms with Crippen molar-refractivity contribution in [3.8, 4) is 0 Å². The Morgan fingerprint density at radius 3 is 2.53 bits per heavy atom. The van der Waals surface area contributed by atoms with Gasteiger partial charge in [0.1, 0.15) is 0 Å². The lowest BCUT2D eigenvalue weighted by atomic mass is 9.97. The quantitative estimate of drug-likeness (QED) is 0.568. The molecule has 0 aliphatic carbocycles. The van der Waals surface area contributed by atoms with Crippen LogP contribution in [0.15, 0.2) is 29.7 Å². The fourth-order valence-corrected chi connectivity index (χ4v) is 2.73. The van der Waals surface area contributed by atoms with Crippen molar-refractivity contribution in [3.05, 3.63) is 45.4 Å². The zero-order chi connectivity index (χ0) is 10.8. The largest absolute Gasteiger partial charge is 0.269 e. The van der Waals surface area contributed by atoms with Crippen LogP contribution in [0, 0.1) is 16.0 Å². The third kappa shape index (κ3) is 2.04. The van der Waals surface area contributed by atoms with E-state index in [0.29, 0.717) is 5.92 Å². The van der Waals surface area contributed by atoms with E-state index in [1.165, 1.54) is 5.57 Å². The summed E-state index contributed by atoms with van der Waals surface area (Å²) in [5.41, 5.74) is 2.53. The van der Waals surface area contributed by atoms with Gasteiger partial charge in [-0.3, -0.25) is 10.1 Å². The van der Waals surface area contributed by atoms with E-state index in [1.54, 1.807) is 23.9 Å². The van der Waals surface area contributed by atoms with Crippen LogP contribution in [-0.2, 0) is 0 Å². The second-order valence-electron chi connectivity index (χ2n) is 3.61. The molecule has 1 aliphatic heterocycles. The van der Waals surface area contributed by atoms with E-state index in [0.717, 1.165) is 11.3 Å². The summed E-state index contributed by atoms with van der Waals surface area (Å²) < 4.78 is 0. The lowest BCUT2D eigenvalue weighted by molar-refractivity contribution is -0.384. The SMILES string of the molecule is CC1CSC=C1c1ccc([N+](=O)[O-])cc1. The number of hydrogen-bond acceptors (Lipinski definition) is 3.